The molecule has 0 fully saturated rings. The number of hydrogen-bond acceptors (Lipinski definition) is 4. The van der Waals surface area contributed by atoms with E-state index >= 15 is 0 Å². The van der Waals surface area contributed by atoms with Crippen molar-refractivity contribution in [1.29, 1.82) is 0 Å². The highest BCUT2D eigenvalue weighted by molar-refractivity contribution is 6.31. The number of benzene rings is 2. The third-order valence-electron chi connectivity index (χ3n) is 2.98. The fourth-order valence-electron chi connectivity index (χ4n) is 1.89. The number of nitrogens with zero attached hydrogens (tertiary/aromatic N) is 1. The van der Waals surface area contributed by atoms with Crippen LogP contribution in [0.15, 0.2) is 47.6 Å². The normalized spacial score (nSPS) is 11.5. The van der Waals surface area contributed by atoms with E-state index < -0.39 is 17.7 Å². The smallest absolute Gasteiger partial charge is 0.417 e. The molecule has 0 aromatic heterocycles. The zero-order chi connectivity index (χ0) is 17.7. The number of alkyl halides is 3. The third kappa shape index (κ3) is 4.26. The molecule has 8 heteroatoms. The Kier molecular flexibility index (Phi) is 5.46. The summed E-state index contributed by atoms with van der Waals surface area (Å²) in [6.45, 7) is 0. The number of hydrogen-bond donors (Lipinski definition) is 0. The molecule has 0 radical (unpaired) electrons. The van der Waals surface area contributed by atoms with Crippen molar-refractivity contribution in [3.05, 3.63) is 64.2 Å². The molecular formula is C16H11ClF3NO3. The van der Waals surface area contributed by atoms with Crippen molar-refractivity contribution in [3.63, 3.8) is 0 Å². The van der Waals surface area contributed by atoms with Crippen molar-refractivity contribution in [2.75, 3.05) is 7.11 Å². The first-order valence-corrected chi connectivity index (χ1v) is 6.95. The second-order valence-electron chi connectivity index (χ2n) is 4.54. The number of oxime groups is 1. The SMILES string of the molecule is COc1ccc(Cl)cc1C(=O)ON=Cc1ccccc1C(F)(F)F. The van der Waals surface area contributed by atoms with Crippen LogP contribution in [-0.4, -0.2) is 19.3 Å². The van der Waals surface area contributed by atoms with E-state index in [1.54, 1.807) is 0 Å². The molecule has 0 amide bonds. The lowest BCUT2D eigenvalue weighted by Gasteiger charge is -2.09. The summed E-state index contributed by atoms with van der Waals surface area (Å²) in [6, 6.07) is 9.06. The van der Waals surface area contributed by atoms with Gasteiger partial charge in [0, 0.05) is 10.6 Å². The molecule has 126 valence electrons. The minimum atomic E-state index is -4.54. The molecule has 0 heterocycles. The number of carbonyl (C=O) groups is 1. The average Bonchev–Trinajstić information content (AvgIpc) is 2.54. The lowest BCUT2D eigenvalue weighted by Crippen LogP contribution is -2.09. The second-order valence-corrected chi connectivity index (χ2v) is 4.98. The van der Waals surface area contributed by atoms with Crippen molar-refractivity contribution >= 4 is 23.8 Å². The van der Waals surface area contributed by atoms with Crippen molar-refractivity contribution in [1.82, 2.24) is 0 Å². The van der Waals surface area contributed by atoms with Gasteiger partial charge >= 0.3 is 12.1 Å². The van der Waals surface area contributed by atoms with Crippen LogP contribution in [0.1, 0.15) is 21.5 Å². The van der Waals surface area contributed by atoms with Crippen molar-refractivity contribution < 1.29 is 27.5 Å². The summed E-state index contributed by atoms with van der Waals surface area (Å²) in [6.07, 6.45) is -3.72. The van der Waals surface area contributed by atoms with Gasteiger partial charge in [-0.2, -0.15) is 13.2 Å². The van der Waals surface area contributed by atoms with E-state index in [9.17, 15) is 18.0 Å². The first-order valence-electron chi connectivity index (χ1n) is 6.57. The third-order valence-corrected chi connectivity index (χ3v) is 3.21. The maximum absolute atomic E-state index is 12.8. The Hall–Kier alpha value is -2.54. The molecule has 2 aromatic carbocycles. The van der Waals surface area contributed by atoms with Gasteiger partial charge in [-0.05, 0) is 24.3 Å². The summed E-state index contributed by atoms with van der Waals surface area (Å²) >= 11 is 5.79. The maximum Gasteiger partial charge on any atom is 0.417 e. The van der Waals surface area contributed by atoms with E-state index in [2.05, 4.69) is 9.99 Å². The average molecular weight is 358 g/mol. The predicted molar refractivity (Wildman–Crippen MR) is 82.5 cm³/mol. The quantitative estimate of drug-likeness (QED) is 0.458. The molecule has 0 aliphatic carbocycles. The van der Waals surface area contributed by atoms with Gasteiger partial charge in [0.25, 0.3) is 0 Å². The summed E-state index contributed by atoms with van der Waals surface area (Å²) in [7, 11) is 1.35. The van der Waals surface area contributed by atoms with E-state index in [1.807, 2.05) is 0 Å². The van der Waals surface area contributed by atoms with Gasteiger partial charge in [0.15, 0.2) is 0 Å². The molecular weight excluding hydrogens is 347 g/mol. The number of ether oxygens (including phenoxy) is 1. The highest BCUT2D eigenvalue weighted by Crippen LogP contribution is 2.31. The van der Waals surface area contributed by atoms with E-state index in [0.29, 0.717) is 0 Å². The van der Waals surface area contributed by atoms with Crippen LogP contribution in [0.5, 0.6) is 5.75 Å². The fraction of sp³-hybridized carbons (Fsp3) is 0.125. The van der Waals surface area contributed by atoms with Gasteiger partial charge in [-0.25, -0.2) is 4.79 Å². The number of carbonyl (C=O) groups excluding carboxylic acids is 1. The van der Waals surface area contributed by atoms with Crippen molar-refractivity contribution in [3.8, 4) is 5.75 Å². The lowest BCUT2D eigenvalue weighted by atomic mass is 10.1. The minimum Gasteiger partial charge on any atom is -0.496 e. The molecule has 0 saturated heterocycles. The summed E-state index contributed by atoms with van der Waals surface area (Å²) in [5, 5.41) is 3.60. The Bertz CT molecular complexity index is 775. The van der Waals surface area contributed by atoms with Gasteiger partial charge in [0.05, 0.1) is 18.9 Å². The summed E-state index contributed by atoms with van der Waals surface area (Å²) in [5.74, 6) is -0.703. The van der Waals surface area contributed by atoms with Gasteiger partial charge in [-0.1, -0.05) is 35.0 Å². The molecule has 0 aliphatic heterocycles. The molecule has 2 aromatic rings. The highest BCUT2D eigenvalue weighted by atomic mass is 35.5. The van der Waals surface area contributed by atoms with E-state index in [1.165, 1.54) is 43.5 Å². The number of halogens is 4. The van der Waals surface area contributed by atoms with Crippen LogP contribution in [0.2, 0.25) is 5.02 Å². The molecule has 0 atom stereocenters. The van der Waals surface area contributed by atoms with Crippen LogP contribution in [0.4, 0.5) is 13.2 Å². The molecule has 0 spiro atoms. The van der Waals surface area contributed by atoms with Crippen molar-refractivity contribution in [2.24, 2.45) is 5.16 Å². The molecule has 4 nitrogen and oxygen atoms in total. The van der Waals surface area contributed by atoms with Gasteiger partial charge < -0.3 is 9.57 Å². The van der Waals surface area contributed by atoms with Crippen molar-refractivity contribution in [2.45, 2.75) is 6.18 Å². The summed E-state index contributed by atoms with van der Waals surface area (Å²) in [4.78, 5) is 16.6. The second kappa shape index (κ2) is 7.35. The molecule has 2 rings (SSSR count). The first kappa shape index (κ1) is 17.8. The Morgan fingerprint density at radius 2 is 1.92 bits per heavy atom. The monoisotopic (exact) mass is 357 g/mol. The van der Waals surface area contributed by atoms with Crippen LogP contribution in [0, 0.1) is 0 Å². The standard InChI is InChI=1S/C16H11ClF3NO3/c1-23-14-7-6-11(17)8-12(14)15(22)24-21-9-10-4-2-3-5-13(10)16(18,19)20/h2-9H,1H3. The zero-order valence-corrected chi connectivity index (χ0v) is 13.1. The maximum atomic E-state index is 12.8. The number of rotatable bonds is 4. The lowest BCUT2D eigenvalue weighted by molar-refractivity contribution is -0.137. The molecule has 0 aliphatic rings. The molecule has 24 heavy (non-hydrogen) atoms. The molecule has 0 saturated carbocycles. The van der Waals surface area contributed by atoms with Gasteiger partial charge in [0.1, 0.15) is 11.3 Å². The van der Waals surface area contributed by atoms with Gasteiger partial charge in [-0.15, -0.1) is 0 Å². The molecule has 0 unspecified atom stereocenters. The topological polar surface area (TPSA) is 47.9 Å². The molecule has 0 bridgehead atoms. The Morgan fingerprint density at radius 1 is 1.21 bits per heavy atom. The Balaban J connectivity index is 2.19. The van der Waals surface area contributed by atoms with E-state index in [0.717, 1.165) is 12.3 Å². The summed E-state index contributed by atoms with van der Waals surface area (Å²) < 4.78 is 43.5. The Labute approximate surface area is 140 Å². The van der Waals surface area contributed by atoms with Gasteiger partial charge in [-0.3, -0.25) is 0 Å². The highest BCUT2D eigenvalue weighted by Gasteiger charge is 2.32. The number of methoxy groups -OCH3 is 1. The summed E-state index contributed by atoms with van der Waals surface area (Å²) in [5.41, 5.74) is -1.10. The van der Waals surface area contributed by atoms with Crippen LogP contribution < -0.4 is 4.74 Å². The fourth-order valence-corrected chi connectivity index (χ4v) is 2.06. The molecule has 0 N–H and O–H groups in total. The van der Waals surface area contributed by atoms with E-state index in [4.69, 9.17) is 16.3 Å². The first-order chi connectivity index (χ1) is 11.3. The predicted octanol–water partition coefficient (Wildman–Crippen LogP) is 4.56. The van der Waals surface area contributed by atoms with E-state index in [-0.39, 0.29) is 21.9 Å². The van der Waals surface area contributed by atoms with Crippen LogP contribution in [0.3, 0.4) is 0 Å². The Morgan fingerprint density at radius 3 is 2.58 bits per heavy atom. The van der Waals surface area contributed by atoms with Crippen LogP contribution in [0.25, 0.3) is 0 Å². The minimum absolute atomic E-state index is 0.00579. The largest absolute Gasteiger partial charge is 0.496 e. The van der Waals surface area contributed by atoms with Crippen LogP contribution >= 0.6 is 11.6 Å². The van der Waals surface area contributed by atoms with Gasteiger partial charge in [0.2, 0.25) is 0 Å². The van der Waals surface area contributed by atoms with Crippen LogP contribution in [-0.2, 0) is 11.0 Å². The zero-order valence-electron chi connectivity index (χ0n) is 12.3.